The summed E-state index contributed by atoms with van der Waals surface area (Å²) in [6.45, 7) is 4.40. The normalized spacial score (nSPS) is 11.0. The first-order chi connectivity index (χ1) is 10.2. The minimum Gasteiger partial charge on any atom is -0.368 e. The fourth-order valence-electron chi connectivity index (χ4n) is 2.19. The SMILES string of the molecule is CCCNc1nc(-c2csc3ccccc23)nc(C)c1F. The van der Waals surface area contributed by atoms with E-state index in [1.165, 1.54) is 4.70 Å². The van der Waals surface area contributed by atoms with Crippen molar-refractivity contribution >= 4 is 27.2 Å². The fraction of sp³-hybridized carbons (Fsp3) is 0.250. The molecule has 0 spiro atoms. The Balaban J connectivity index is 2.11. The fourth-order valence-corrected chi connectivity index (χ4v) is 3.13. The Hall–Kier alpha value is -2.01. The molecule has 0 atom stereocenters. The molecule has 1 N–H and O–H groups in total. The Morgan fingerprint density at radius 1 is 1.24 bits per heavy atom. The summed E-state index contributed by atoms with van der Waals surface area (Å²) in [6, 6.07) is 8.11. The third kappa shape index (κ3) is 2.61. The lowest BCUT2D eigenvalue weighted by Crippen LogP contribution is -2.08. The van der Waals surface area contributed by atoms with Gasteiger partial charge in [-0.05, 0) is 19.4 Å². The number of hydrogen-bond donors (Lipinski definition) is 1. The predicted octanol–water partition coefficient (Wildman–Crippen LogP) is 4.63. The van der Waals surface area contributed by atoms with Crippen LogP contribution in [0, 0.1) is 12.7 Å². The first-order valence-corrected chi connectivity index (χ1v) is 7.83. The summed E-state index contributed by atoms with van der Waals surface area (Å²) in [5, 5.41) is 6.17. The van der Waals surface area contributed by atoms with E-state index in [9.17, 15) is 4.39 Å². The molecule has 0 fully saturated rings. The van der Waals surface area contributed by atoms with E-state index in [1.807, 2.05) is 30.5 Å². The van der Waals surface area contributed by atoms with E-state index in [0.717, 1.165) is 17.4 Å². The largest absolute Gasteiger partial charge is 0.368 e. The highest BCUT2D eigenvalue weighted by Gasteiger charge is 2.15. The van der Waals surface area contributed by atoms with Crippen LogP contribution in [0.15, 0.2) is 29.6 Å². The lowest BCUT2D eigenvalue weighted by molar-refractivity contribution is 0.605. The molecule has 2 heterocycles. The molecule has 0 saturated heterocycles. The molecular weight excluding hydrogens is 285 g/mol. The van der Waals surface area contributed by atoms with Gasteiger partial charge >= 0.3 is 0 Å². The Morgan fingerprint density at radius 3 is 2.86 bits per heavy atom. The monoisotopic (exact) mass is 301 g/mol. The number of aryl methyl sites for hydroxylation is 1. The minimum atomic E-state index is -0.369. The third-order valence-corrected chi connectivity index (χ3v) is 4.24. The number of hydrogen-bond acceptors (Lipinski definition) is 4. The first-order valence-electron chi connectivity index (χ1n) is 6.95. The average molecular weight is 301 g/mol. The van der Waals surface area contributed by atoms with Crippen LogP contribution < -0.4 is 5.32 Å². The van der Waals surface area contributed by atoms with Gasteiger partial charge in [-0.1, -0.05) is 25.1 Å². The van der Waals surface area contributed by atoms with Crippen LogP contribution in [0.5, 0.6) is 0 Å². The number of thiophene rings is 1. The van der Waals surface area contributed by atoms with E-state index in [1.54, 1.807) is 18.3 Å². The van der Waals surface area contributed by atoms with Gasteiger partial charge in [0.05, 0.1) is 5.69 Å². The first kappa shape index (κ1) is 13.9. The molecule has 108 valence electrons. The quantitative estimate of drug-likeness (QED) is 0.763. The van der Waals surface area contributed by atoms with Gasteiger partial charge in [0.2, 0.25) is 0 Å². The molecule has 3 aromatic rings. The summed E-state index contributed by atoms with van der Waals surface area (Å²) < 4.78 is 15.3. The van der Waals surface area contributed by atoms with E-state index in [0.29, 0.717) is 18.1 Å². The lowest BCUT2D eigenvalue weighted by atomic mass is 10.1. The molecule has 2 aromatic heterocycles. The zero-order valence-corrected chi connectivity index (χ0v) is 12.8. The highest BCUT2D eigenvalue weighted by molar-refractivity contribution is 7.17. The van der Waals surface area contributed by atoms with Crippen molar-refractivity contribution < 1.29 is 4.39 Å². The van der Waals surface area contributed by atoms with Crippen LogP contribution >= 0.6 is 11.3 Å². The van der Waals surface area contributed by atoms with Gasteiger partial charge in [0, 0.05) is 27.6 Å². The summed E-state index contributed by atoms with van der Waals surface area (Å²) in [5.41, 5.74) is 1.33. The van der Waals surface area contributed by atoms with Crippen molar-refractivity contribution in [2.45, 2.75) is 20.3 Å². The Kier molecular flexibility index (Phi) is 3.84. The number of anilines is 1. The van der Waals surface area contributed by atoms with Gasteiger partial charge in [-0.3, -0.25) is 0 Å². The van der Waals surface area contributed by atoms with Gasteiger partial charge in [-0.15, -0.1) is 11.3 Å². The molecule has 0 aliphatic rings. The second-order valence-corrected chi connectivity index (χ2v) is 5.78. The Bertz CT molecular complexity index is 782. The van der Waals surface area contributed by atoms with Crippen molar-refractivity contribution in [3.8, 4) is 11.4 Å². The summed E-state index contributed by atoms with van der Waals surface area (Å²) in [5.74, 6) is 0.492. The van der Waals surface area contributed by atoms with E-state index >= 15 is 0 Å². The summed E-state index contributed by atoms with van der Waals surface area (Å²) in [6.07, 6.45) is 0.916. The predicted molar refractivity (Wildman–Crippen MR) is 86.3 cm³/mol. The summed E-state index contributed by atoms with van der Waals surface area (Å²) in [7, 11) is 0. The van der Waals surface area contributed by atoms with Crippen LogP contribution in [0.3, 0.4) is 0 Å². The van der Waals surface area contributed by atoms with Gasteiger partial charge in [-0.25, -0.2) is 14.4 Å². The molecule has 0 aliphatic carbocycles. The number of fused-ring (bicyclic) bond motifs is 1. The standard InChI is InChI=1S/C16H16FN3S/c1-3-8-18-16-14(17)10(2)19-15(20-16)12-9-21-13-7-5-4-6-11(12)13/h4-7,9H,3,8H2,1-2H3,(H,18,19,20). The Labute approximate surface area is 126 Å². The topological polar surface area (TPSA) is 37.8 Å². The number of rotatable bonds is 4. The zero-order chi connectivity index (χ0) is 14.8. The molecule has 0 amide bonds. The van der Waals surface area contributed by atoms with Gasteiger partial charge in [0.1, 0.15) is 0 Å². The van der Waals surface area contributed by atoms with E-state index in [2.05, 4.69) is 21.4 Å². The third-order valence-electron chi connectivity index (χ3n) is 3.28. The highest BCUT2D eigenvalue weighted by Crippen LogP contribution is 2.33. The molecule has 3 rings (SSSR count). The lowest BCUT2D eigenvalue weighted by Gasteiger charge is -2.09. The zero-order valence-electron chi connectivity index (χ0n) is 12.0. The molecular formula is C16H16FN3S. The van der Waals surface area contributed by atoms with Crippen LogP contribution in [0.4, 0.5) is 10.2 Å². The number of benzene rings is 1. The smallest absolute Gasteiger partial charge is 0.186 e. The molecule has 21 heavy (non-hydrogen) atoms. The van der Waals surface area contributed by atoms with Crippen molar-refractivity contribution in [1.82, 2.24) is 9.97 Å². The molecule has 1 aromatic carbocycles. The second-order valence-electron chi connectivity index (χ2n) is 4.87. The number of halogens is 1. The van der Waals surface area contributed by atoms with Crippen LogP contribution in [0.1, 0.15) is 19.0 Å². The van der Waals surface area contributed by atoms with E-state index in [4.69, 9.17) is 0 Å². The number of nitrogens with zero attached hydrogens (tertiary/aromatic N) is 2. The maximum absolute atomic E-state index is 14.1. The molecule has 3 nitrogen and oxygen atoms in total. The van der Waals surface area contributed by atoms with Crippen LogP contribution in [0.2, 0.25) is 0 Å². The van der Waals surface area contributed by atoms with Crippen molar-refractivity contribution in [3.05, 3.63) is 41.2 Å². The highest BCUT2D eigenvalue weighted by atomic mass is 32.1. The number of aromatic nitrogens is 2. The molecule has 5 heteroatoms. The van der Waals surface area contributed by atoms with Crippen molar-refractivity contribution in [2.24, 2.45) is 0 Å². The number of nitrogens with one attached hydrogen (secondary N) is 1. The van der Waals surface area contributed by atoms with Crippen LogP contribution in [0.25, 0.3) is 21.5 Å². The molecule has 0 unspecified atom stereocenters. The van der Waals surface area contributed by atoms with Gasteiger partial charge in [0.25, 0.3) is 0 Å². The molecule has 0 saturated carbocycles. The van der Waals surface area contributed by atoms with Gasteiger partial charge < -0.3 is 5.32 Å². The Morgan fingerprint density at radius 2 is 2.05 bits per heavy atom. The second kappa shape index (κ2) is 5.77. The van der Waals surface area contributed by atoms with Crippen molar-refractivity contribution in [3.63, 3.8) is 0 Å². The van der Waals surface area contributed by atoms with Crippen LogP contribution in [-0.2, 0) is 0 Å². The van der Waals surface area contributed by atoms with Crippen molar-refractivity contribution in [2.75, 3.05) is 11.9 Å². The minimum absolute atomic E-state index is 0.287. The molecule has 0 bridgehead atoms. The van der Waals surface area contributed by atoms with Crippen molar-refractivity contribution in [1.29, 1.82) is 0 Å². The average Bonchev–Trinajstić information content (AvgIpc) is 2.92. The maximum Gasteiger partial charge on any atom is 0.186 e. The molecule has 0 radical (unpaired) electrons. The van der Waals surface area contributed by atoms with Gasteiger partial charge in [-0.2, -0.15) is 0 Å². The van der Waals surface area contributed by atoms with E-state index < -0.39 is 0 Å². The molecule has 0 aliphatic heterocycles. The maximum atomic E-state index is 14.1. The van der Waals surface area contributed by atoms with Gasteiger partial charge in [0.15, 0.2) is 17.5 Å². The van der Waals surface area contributed by atoms with E-state index in [-0.39, 0.29) is 11.6 Å². The van der Waals surface area contributed by atoms with Crippen LogP contribution in [-0.4, -0.2) is 16.5 Å². The summed E-state index contributed by atoms with van der Waals surface area (Å²) >= 11 is 1.65. The summed E-state index contributed by atoms with van der Waals surface area (Å²) in [4.78, 5) is 8.69.